The molecule has 0 aromatic carbocycles. The lowest BCUT2D eigenvalue weighted by atomic mass is 10.2. The lowest BCUT2D eigenvalue weighted by Gasteiger charge is -2.22. The molecular weight excluding hydrogens is 220 g/mol. The molecule has 0 saturated carbocycles. The molecule has 94 valence electrons. The first kappa shape index (κ1) is 13.8. The van der Waals surface area contributed by atoms with E-state index in [9.17, 15) is 4.79 Å². The smallest absolute Gasteiger partial charge is 0.222 e. The van der Waals surface area contributed by atoms with E-state index in [1.54, 1.807) is 0 Å². The van der Waals surface area contributed by atoms with E-state index in [0.29, 0.717) is 6.04 Å². The highest BCUT2D eigenvalue weighted by Crippen LogP contribution is 2.16. The molecule has 0 aromatic heterocycles. The molecule has 0 aromatic rings. The maximum atomic E-state index is 11.3. The third-order valence-corrected chi connectivity index (χ3v) is 3.99. The van der Waals surface area contributed by atoms with Crippen molar-refractivity contribution in [3.05, 3.63) is 0 Å². The van der Waals surface area contributed by atoms with Crippen LogP contribution in [0.2, 0.25) is 0 Å². The largest absolute Gasteiger partial charge is 0.356 e. The van der Waals surface area contributed by atoms with Gasteiger partial charge in [0.15, 0.2) is 0 Å². The fourth-order valence-corrected chi connectivity index (χ4v) is 2.82. The SMILES string of the molecule is CC(C)C(=O)NCCCNC1CCCSC1. The van der Waals surface area contributed by atoms with Gasteiger partial charge >= 0.3 is 0 Å². The number of carbonyl (C=O) groups excluding carboxylic acids is 1. The molecular formula is C12H24N2OS. The highest BCUT2D eigenvalue weighted by Gasteiger charge is 2.12. The summed E-state index contributed by atoms with van der Waals surface area (Å²) in [4.78, 5) is 11.3. The van der Waals surface area contributed by atoms with E-state index < -0.39 is 0 Å². The van der Waals surface area contributed by atoms with Crippen molar-refractivity contribution >= 4 is 17.7 Å². The zero-order valence-electron chi connectivity index (χ0n) is 10.4. The standard InChI is InChI=1S/C12H24N2OS/c1-10(2)12(15)14-7-4-6-13-11-5-3-8-16-9-11/h10-11,13H,3-9H2,1-2H3,(H,14,15). The summed E-state index contributed by atoms with van der Waals surface area (Å²) in [7, 11) is 0. The van der Waals surface area contributed by atoms with Crippen LogP contribution in [0.3, 0.4) is 0 Å². The normalized spacial score (nSPS) is 21.1. The van der Waals surface area contributed by atoms with E-state index in [4.69, 9.17) is 0 Å². The Morgan fingerprint density at radius 2 is 2.25 bits per heavy atom. The zero-order valence-corrected chi connectivity index (χ0v) is 11.2. The molecule has 4 heteroatoms. The van der Waals surface area contributed by atoms with Crippen molar-refractivity contribution in [2.24, 2.45) is 5.92 Å². The fraction of sp³-hybridized carbons (Fsp3) is 0.917. The van der Waals surface area contributed by atoms with Gasteiger partial charge in [-0.15, -0.1) is 0 Å². The fourth-order valence-electron chi connectivity index (χ4n) is 1.71. The minimum Gasteiger partial charge on any atom is -0.356 e. The van der Waals surface area contributed by atoms with E-state index in [0.717, 1.165) is 19.5 Å². The summed E-state index contributed by atoms with van der Waals surface area (Å²) < 4.78 is 0. The van der Waals surface area contributed by atoms with Crippen molar-refractivity contribution < 1.29 is 4.79 Å². The van der Waals surface area contributed by atoms with Crippen LogP contribution in [0.5, 0.6) is 0 Å². The van der Waals surface area contributed by atoms with Gasteiger partial charge in [-0.25, -0.2) is 0 Å². The van der Waals surface area contributed by atoms with Gasteiger partial charge in [-0.2, -0.15) is 11.8 Å². The maximum Gasteiger partial charge on any atom is 0.222 e. The third-order valence-electron chi connectivity index (χ3n) is 2.77. The second-order valence-corrected chi connectivity index (χ2v) is 5.82. The van der Waals surface area contributed by atoms with Crippen LogP contribution in [0.25, 0.3) is 0 Å². The zero-order chi connectivity index (χ0) is 11.8. The molecule has 3 nitrogen and oxygen atoms in total. The van der Waals surface area contributed by atoms with Crippen molar-refractivity contribution in [3.8, 4) is 0 Å². The van der Waals surface area contributed by atoms with Crippen molar-refractivity contribution in [1.82, 2.24) is 10.6 Å². The summed E-state index contributed by atoms with van der Waals surface area (Å²) in [5, 5.41) is 6.49. The van der Waals surface area contributed by atoms with E-state index >= 15 is 0 Å². The minimum atomic E-state index is 0.0997. The second-order valence-electron chi connectivity index (χ2n) is 4.67. The van der Waals surface area contributed by atoms with Crippen LogP contribution in [0.15, 0.2) is 0 Å². The molecule has 0 radical (unpaired) electrons. The molecule has 1 unspecified atom stereocenters. The van der Waals surface area contributed by atoms with Gasteiger partial charge < -0.3 is 10.6 Å². The number of hydrogen-bond acceptors (Lipinski definition) is 3. The number of nitrogens with one attached hydrogen (secondary N) is 2. The molecule has 0 bridgehead atoms. The van der Waals surface area contributed by atoms with Gasteiger partial charge in [0.05, 0.1) is 0 Å². The molecule has 1 atom stereocenters. The summed E-state index contributed by atoms with van der Waals surface area (Å²) in [5.74, 6) is 2.83. The topological polar surface area (TPSA) is 41.1 Å². The summed E-state index contributed by atoms with van der Waals surface area (Å²) in [5.41, 5.74) is 0. The van der Waals surface area contributed by atoms with Crippen molar-refractivity contribution in [2.75, 3.05) is 24.6 Å². The molecule has 0 aliphatic carbocycles. The molecule has 1 saturated heterocycles. The van der Waals surface area contributed by atoms with Gasteiger partial charge in [-0.1, -0.05) is 13.8 Å². The highest BCUT2D eigenvalue weighted by atomic mass is 32.2. The summed E-state index contributed by atoms with van der Waals surface area (Å²) in [6, 6.07) is 0.694. The molecule has 1 aliphatic rings. The van der Waals surface area contributed by atoms with Crippen LogP contribution in [0.1, 0.15) is 33.1 Å². The molecule has 1 aliphatic heterocycles. The number of amides is 1. The Labute approximate surface area is 103 Å². The minimum absolute atomic E-state index is 0.0997. The summed E-state index contributed by atoms with van der Waals surface area (Å²) in [6.07, 6.45) is 3.68. The van der Waals surface area contributed by atoms with E-state index in [1.165, 1.54) is 24.3 Å². The number of hydrogen-bond donors (Lipinski definition) is 2. The number of carbonyl (C=O) groups is 1. The predicted molar refractivity (Wildman–Crippen MR) is 70.8 cm³/mol. The Kier molecular flexibility index (Phi) is 6.88. The van der Waals surface area contributed by atoms with E-state index in [-0.39, 0.29) is 11.8 Å². The molecule has 1 amide bonds. The van der Waals surface area contributed by atoms with Gasteiger partial charge in [0.25, 0.3) is 0 Å². The first-order valence-corrected chi connectivity index (χ1v) is 7.44. The second kappa shape index (κ2) is 7.96. The molecule has 1 fully saturated rings. The lowest BCUT2D eigenvalue weighted by molar-refractivity contribution is -0.123. The number of thioether (sulfide) groups is 1. The summed E-state index contributed by atoms with van der Waals surface area (Å²) in [6.45, 7) is 5.66. The average Bonchev–Trinajstić information content (AvgIpc) is 2.29. The third kappa shape index (κ3) is 5.75. The van der Waals surface area contributed by atoms with Crippen LogP contribution >= 0.6 is 11.8 Å². The Balaban J connectivity index is 1.93. The van der Waals surface area contributed by atoms with E-state index in [1.807, 2.05) is 25.6 Å². The average molecular weight is 244 g/mol. The molecule has 16 heavy (non-hydrogen) atoms. The first-order valence-electron chi connectivity index (χ1n) is 6.29. The van der Waals surface area contributed by atoms with Gasteiger partial charge in [0, 0.05) is 24.3 Å². The van der Waals surface area contributed by atoms with Crippen molar-refractivity contribution in [2.45, 2.75) is 39.2 Å². The quantitative estimate of drug-likeness (QED) is 0.698. The van der Waals surface area contributed by atoms with Gasteiger partial charge in [0.2, 0.25) is 5.91 Å². The van der Waals surface area contributed by atoms with Crippen molar-refractivity contribution in [1.29, 1.82) is 0 Å². The van der Waals surface area contributed by atoms with Gasteiger partial charge in [-0.3, -0.25) is 4.79 Å². The Morgan fingerprint density at radius 1 is 1.44 bits per heavy atom. The van der Waals surface area contributed by atoms with E-state index in [2.05, 4.69) is 10.6 Å². The molecule has 1 rings (SSSR count). The first-order chi connectivity index (χ1) is 7.70. The number of rotatable bonds is 6. The Morgan fingerprint density at radius 3 is 2.88 bits per heavy atom. The van der Waals surface area contributed by atoms with Gasteiger partial charge in [-0.05, 0) is 31.6 Å². The molecule has 1 heterocycles. The Hall–Kier alpha value is -0.220. The van der Waals surface area contributed by atoms with Crippen LogP contribution < -0.4 is 10.6 Å². The van der Waals surface area contributed by atoms with Crippen molar-refractivity contribution in [3.63, 3.8) is 0 Å². The highest BCUT2D eigenvalue weighted by molar-refractivity contribution is 7.99. The Bertz CT molecular complexity index is 203. The lowest BCUT2D eigenvalue weighted by Crippen LogP contribution is -2.36. The van der Waals surface area contributed by atoms with Crippen LogP contribution in [-0.2, 0) is 4.79 Å². The molecule has 2 N–H and O–H groups in total. The predicted octanol–water partition coefficient (Wildman–Crippen LogP) is 1.63. The monoisotopic (exact) mass is 244 g/mol. The summed E-state index contributed by atoms with van der Waals surface area (Å²) >= 11 is 2.04. The molecule has 0 spiro atoms. The van der Waals surface area contributed by atoms with Crippen LogP contribution in [0.4, 0.5) is 0 Å². The maximum absolute atomic E-state index is 11.3. The van der Waals surface area contributed by atoms with Crippen LogP contribution in [0, 0.1) is 5.92 Å². The van der Waals surface area contributed by atoms with Gasteiger partial charge in [0.1, 0.15) is 0 Å². The van der Waals surface area contributed by atoms with Crippen LogP contribution in [-0.4, -0.2) is 36.5 Å².